The first-order chi connectivity index (χ1) is 10.3. The molecule has 0 saturated heterocycles. The van der Waals surface area contributed by atoms with Gasteiger partial charge in [0.1, 0.15) is 11.5 Å². The van der Waals surface area contributed by atoms with E-state index in [0.29, 0.717) is 35.7 Å². The number of anilines is 1. The third kappa shape index (κ3) is 3.08. The number of nitrogens with zero attached hydrogens (tertiary/aromatic N) is 2. The van der Waals surface area contributed by atoms with Gasteiger partial charge in [-0.05, 0) is 27.7 Å². The van der Waals surface area contributed by atoms with Crippen LogP contribution in [0.3, 0.4) is 0 Å². The Morgan fingerprint density at radius 3 is 2.27 bits per heavy atom. The highest BCUT2D eigenvalue weighted by molar-refractivity contribution is 6.15. The lowest BCUT2D eigenvalue weighted by atomic mass is 10.1. The number of methoxy groups -OCH3 is 1. The van der Waals surface area contributed by atoms with Crippen molar-refractivity contribution in [2.45, 2.75) is 27.7 Å². The molecule has 2 amide bonds. The molecule has 4 N–H and O–H groups in total. The van der Waals surface area contributed by atoms with Crippen LogP contribution in [0.25, 0.3) is 0 Å². The first-order valence-corrected chi connectivity index (χ1v) is 7.10. The first kappa shape index (κ1) is 17.6. The van der Waals surface area contributed by atoms with Crippen molar-refractivity contribution < 1.29 is 14.6 Å². The standard InChI is InChI=1S/C15H24N4O3/c1-6-18(7-2)15(21)19(14(16)17)13-9(3)11(20)8-12(22-5)10(13)4/h8,20H,6-7H2,1-5H3,(H3,16,17). The number of carbonyl (C=O) groups is 1. The van der Waals surface area contributed by atoms with Crippen molar-refractivity contribution >= 4 is 17.7 Å². The van der Waals surface area contributed by atoms with Gasteiger partial charge in [-0.25, -0.2) is 9.69 Å². The van der Waals surface area contributed by atoms with Crippen molar-refractivity contribution in [3.63, 3.8) is 0 Å². The Kier molecular flexibility index (Phi) is 5.62. The van der Waals surface area contributed by atoms with E-state index in [1.807, 2.05) is 13.8 Å². The molecule has 0 saturated carbocycles. The zero-order chi connectivity index (χ0) is 17.0. The van der Waals surface area contributed by atoms with Crippen molar-refractivity contribution in [1.29, 1.82) is 5.41 Å². The number of rotatable bonds is 4. The number of phenols is 1. The molecule has 0 aliphatic carbocycles. The molecule has 22 heavy (non-hydrogen) atoms. The molecule has 7 heteroatoms. The summed E-state index contributed by atoms with van der Waals surface area (Å²) in [4.78, 5) is 15.3. The van der Waals surface area contributed by atoms with Crippen LogP contribution in [-0.4, -0.2) is 42.2 Å². The molecule has 1 aromatic rings. The Labute approximate surface area is 130 Å². The topological polar surface area (TPSA) is 103 Å². The van der Waals surface area contributed by atoms with Crippen LogP contribution < -0.4 is 15.4 Å². The Hall–Kier alpha value is -2.44. The number of nitrogens with two attached hydrogens (primary N) is 1. The second-order valence-electron chi connectivity index (χ2n) is 4.87. The van der Waals surface area contributed by atoms with Crippen LogP contribution in [0.15, 0.2) is 6.07 Å². The Balaban J connectivity index is 3.55. The molecule has 0 spiro atoms. The second kappa shape index (κ2) is 7.02. The SMILES string of the molecule is CCN(CC)C(=O)N(C(=N)N)c1c(C)c(O)cc(OC)c1C. The zero-order valence-corrected chi connectivity index (χ0v) is 13.7. The number of amides is 2. The molecule has 0 fully saturated rings. The normalized spacial score (nSPS) is 10.2. The summed E-state index contributed by atoms with van der Waals surface area (Å²) in [6.45, 7) is 8.11. The van der Waals surface area contributed by atoms with Crippen LogP contribution >= 0.6 is 0 Å². The van der Waals surface area contributed by atoms with E-state index in [-0.39, 0.29) is 5.75 Å². The molecule has 0 atom stereocenters. The number of benzene rings is 1. The molecule has 0 radical (unpaired) electrons. The summed E-state index contributed by atoms with van der Waals surface area (Å²) in [7, 11) is 1.48. The molecule has 122 valence electrons. The van der Waals surface area contributed by atoms with Gasteiger partial charge in [-0.3, -0.25) is 5.41 Å². The average molecular weight is 308 g/mol. The van der Waals surface area contributed by atoms with Gasteiger partial charge in [0.2, 0.25) is 5.96 Å². The van der Waals surface area contributed by atoms with E-state index >= 15 is 0 Å². The molecule has 1 aromatic carbocycles. The van der Waals surface area contributed by atoms with Crippen molar-refractivity contribution in [2.75, 3.05) is 25.1 Å². The molecule has 0 aromatic heterocycles. The molecular formula is C15H24N4O3. The number of ether oxygens (including phenoxy) is 1. The number of carbonyl (C=O) groups excluding carboxylic acids is 1. The predicted octanol–water partition coefficient (Wildman–Crippen LogP) is 2.18. The van der Waals surface area contributed by atoms with Crippen LogP contribution in [0.2, 0.25) is 0 Å². The molecule has 0 unspecified atom stereocenters. The monoisotopic (exact) mass is 308 g/mol. The minimum atomic E-state index is -0.407. The number of urea groups is 1. The second-order valence-corrected chi connectivity index (χ2v) is 4.87. The molecule has 1 rings (SSSR count). The van der Waals surface area contributed by atoms with Crippen LogP contribution in [0, 0.1) is 19.3 Å². The van der Waals surface area contributed by atoms with E-state index in [1.165, 1.54) is 13.2 Å². The average Bonchev–Trinajstić information content (AvgIpc) is 2.47. The summed E-state index contributed by atoms with van der Waals surface area (Å²) in [5, 5.41) is 17.8. The van der Waals surface area contributed by atoms with E-state index in [4.69, 9.17) is 15.9 Å². The third-order valence-electron chi connectivity index (χ3n) is 3.64. The number of aromatic hydroxyl groups is 1. The van der Waals surface area contributed by atoms with Gasteiger partial charge in [0.15, 0.2) is 0 Å². The number of phenolic OH excluding ortho intramolecular Hbond substituents is 1. The van der Waals surface area contributed by atoms with E-state index in [1.54, 1.807) is 18.7 Å². The maximum atomic E-state index is 12.7. The van der Waals surface area contributed by atoms with Gasteiger partial charge in [0, 0.05) is 30.3 Å². The molecule has 0 bridgehead atoms. The van der Waals surface area contributed by atoms with Crippen molar-refractivity contribution in [2.24, 2.45) is 5.73 Å². The van der Waals surface area contributed by atoms with E-state index < -0.39 is 12.0 Å². The van der Waals surface area contributed by atoms with Crippen LogP contribution in [0.5, 0.6) is 11.5 Å². The predicted molar refractivity (Wildman–Crippen MR) is 86.8 cm³/mol. The van der Waals surface area contributed by atoms with E-state index in [2.05, 4.69) is 0 Å². The minimum absolute atomic E-state index is 0.0175. The van der Waals surface area contributed by atoms with Gasteiger partial charge < -0.3 is 20.5 Å². The fourth-order valence-corrected chi connectivity index (χ4v) is 2.36. The molecule has 0 aliphatic rings. The maximum Gasteiger partial charge on any atom is 0.331 e. The fraction of sp³-hybridized carbons (Fsp3) is 0.467. The highest BCUT2D eigenvalue weighted by Gasteiger charge is 2.28. The minimum Gasteiger partial charge on any atom is -0.507 e. The first-order valence-electron chi connectivity index (χ1n) is 7.10. The number of hydrogen-bond acceptors (Lipinski definition) is 4. The van der Waals surface area contributed by atoms with Gasteiger partial charge in [-0.2, -0.15) is 0 Å². The molecule has 7 nitrogen and oxygen atoms in total. The van der Waals surface area contributed by atoms with Gasteiger partial charge >= 0.3 is 6.03 Å². The van der Waals surface area contributed by atoms with Crippen LogP contribution in [-0.2, 0) is 0 Å². The van der Waals surface area contributed by atoms with Gasteiger partial charge in [-0.15, -0.1) is 0 Å². The van der Waals surface area contributed by atoms with Crippen molar-refractivity contribution in [3.8, 4) is 11.5 Å². The molecule has 0 aliphatic heterocycles. The highest BCUT2D eigenvalue weighted by Crippen LogP contribution is 2.38. The third-order valence-corrected chi connectivity index (χ3v) is 3.64. The lowest BCUT2D eigenvalue weighted by Crippen LogP contribution is -2.49. The summed E-state index contributed by atoms with van der Waals surface area (Å²) in [5.74, 6) is 0.00324. The summed E-state index contributed by atoms with van der Waals surface area (Å²) in [5.41, 5.74) is 7.11. The maximum absolute atomic E-state index is 12.7. The summed E-state index contributed by atoms with van der Waals surface area (Å²) in [6, 6.07) is 1.07. The Bertz CT molecular complexity index is 583. The number of guanidine groups is 1. The Morgan fingerprint density at radius 1 is 1.32 bits per heavy atom. The van der Waals surface area contributed by atoms with Crippen molar-refractivity contribution in [1.82, 2.24) is 4.90 Å². The summed E-state index contributed by atoms with van der Waals surface area (Å²) >= 11 is 0. The highest BCUT2D eigenvalue weighted by atomic mass is 16.5. The fourth-order valence-electron chi connectivity index (χ4n) is 2.36. The molecule has 0 heterocycles. The van der Waals surface area contributed by atoms with Gasteiger partial charge in [-0.1, -0.05) is 0 Å². The van der Waals surface area contributed by atoms with Gasteiger partial charge in [0.05, 0.1) is 12.8 Å². The molecular weight excluding hydrogens is 284 g/mol. The van der Waals surface area contributed by atoms with E-state index in [9.17, 15) is 9.90 Å². The largest absolute Gasteiger partial charge is 0.507 e. The lowest BCUT2D eigenvalue weighted by molar-refractivity contribution is 0.213. The summed E-state index contributed by atoms with van der Waals surface area (Å²) < 4.78 is 5.22. The van der Waals surface area contributed by atoms with Crippen LogP contribution in [0.4, 0.5) is 10.5 Å². The number of nitrogens with one attached hydrogen (secondary N) is 1. The lowest BCUT2D eigenvalue weighted by Gasteiger charge is -2.30. The quantitative estimate of drug-likeness (QED) is 0.586. The van der Waals surface area contributed by atoms with Gasteiger partial charge in [0.25, 0.3) is 0 Å². The van der Waals surface area contributed by atoms with Crippen molar-refractivity contribution in [3.05, 3.63) is 17.2 Å². The Morgan fingerprint density at radius 2 is 1.86 bits per heavy atom. The van der Waals surface area contributed by atoms with E-state index in [0.717, 1.165) is 4.90 Å². The zero-order valence-electron chi connectivity index (χ0n) is 13.7. The smallest absolute Gasteiger partial charge is 0.331 e. The van der Waals surface area contributed by atoms with Crippen LogP contribution in [0.1, 0.15) is 25.0 Å². The summed E-state index contributed by atoms with van der Waals surface area (Å²) in [6.07, 6.45) is 0. The number of hydrogen-bond donors (Lipinski definition) is 3.